The molecule has 0 bridgehead atoms. The van der Waals surface area contributed by atoms with Gasteiger partial charge in [0.1, 0.15) is 13.2 Å². The Morgan fingerprint density at radius 1 is 0.344 bits per heavy atom. The average molecular weight is 851 g/mol. The van der Waals surface area contributed by atoms with E-state index in [2.05, 4.69) is 81.5 Å². The van der Waals surface area contributed by atoms with Crippen LogP contribution in [0.4, 0.5) is 0 Å². The van der Waals surface area contributed by atoms with Crippen LogP contribution >= 0.6 is 0 Å². The molecule has 0 aromatic heterocycles. The summed E-state index contributed by atoms with van der Waals surface area (Å²) < 4.78 is 16.7. The van der Waals surface area contributed by atoms with Crippen molar-refractivity contribution >= 4 is 17.9 Å². The molecule has 0 radical (unpaired) electrons. The third-order valence-corrected chi connectivity index (χ3v) is 10.7. The van der Waals surface area contributed by atoms with E-state index in [0.717, 1.165) is 77.0 Å². The minimum absolute atomic E-state index is 0.107. The normalized spacial score (nSPS) is 12.6. The van der Waals surface area contributed by atoms with Gasteiger partial charge in [0, 0.05) is 19.3 Å². The predicted molar refractivity (Wildman–Crippen MR) is 261 cm³/mol. The van der Waals surface area contributed by atoms with Crippen molar-refractivity contribution in [2.45, 2.75) is 245 Å². The smallest absolute Gasteiger partial charge is 0.306 e. The lowest BCUT2D eigenvalue weighted by atomic mass is 10.1. The Balaban J connectivity index is 4.43. The van der Waals surface area contributed by atoms with Gasteiger partial charge in [-0.3, -0.25) is 14.4 Å². The van der Waals surface area contributed by atoms with E-state index in [4.69, 9.17) is 14.2 Å². The first-order valence-electron chi connectivity index (χ1n) is 25.4. The molecule has 0 rings (SSSR count). The number of carbonyl (C=O) groups is 3. The fourth-order valence-electron chi connectivity index (χ4n) is 6.90. The lowest BCUT2D eigenvalue weighted by Crippen LogP contribution is -2.30. The molecule has 0 N–H and O–H groups in total. The molecule has 0 aromatic rings. The summed E-state index contributed by atoms with van der Waals surface area (Å²) in [5, 5.41) is 0. The molecule has 0 fully saturated rings. The number of unbranched alkanes of at least 4 members (excludes halogenated alkanes) is 22. The van der Waals surface area contributed by atoms with E-state index in [1.54, 1.807) is 0 Å². The largest absolute Gasteiger partial charge is 0.462 e. The van der Waals surface area contributed by atoms with Gasteiger partial charge in [-0.05, 0) is 77.0 Å². The molecule has 61 heavy (non-hydrogen) atoms. The molecule has 6 heteroatoms. The average Bonchev–Trinajstić information content (AvgIpc) is 3.26. The van der Waals surface area contributed by atoms with Crippen LogP contribution in [0.2, 0.25) is 0 Å². The maximum absolute atomic E-state index is 12.7. The lowest BCUT2D eigenvalue weighted by Gasteiger charge is -2.18. The number of carbonyl (C=O) groups excluding carboxylic acids is 3. The Labute approximate surface area is 376 Å². The van der Waals surface area contributed by atoms with Crippen LogP contribution in [0.5, 0.6) is 0 Å². The summed E-state index contributed by atoms with van der Waals surface area (Å²) in [6.07, 6.45) is 61.9. The summed E-state index contributed by atoms with van der Waals surface area (Å²) in [6.45, 7) is 6.43. The van der Waals surface area contributed by atoms with E-state index in [0.29, 0.717) is 19.3 Å². The summed E-state index contributed by atoms with van der Waals surface area (Å²) in [5.41, 5.74) is 0. The first-order valence-corrected chi connectivity index (χ1v) is 25.4. The molecular weight excluding hydrogens is 757 g/mol. The molecule has 1 atom stereocenters. The highest BCUT2D eigenvalue weighted by atomic mass is 16.6. The molecule has 0 aliphatic rings. The van der Waals surface area contributed by atoms with E-state index in [9.17, 15) is 14.4 Å². The van der Waals surface area contributed by atoms with Gasteiger partial charge in [0.15, 0.2) is 6.10 Å². The van der Waals surface area contributed by atoms with Crippen LogP contribution in [-0.2, 0) is 28.6 Å². The second-order valence-corrected chi connectivity index (χ2v) is 16.7. The molecule has 0 aliphatic heterocycles. The Morgan fingerprint density at radius 2 is 0.672 bits per heavy atom. The third kappa shape index (κ3) is 47.7. The Morgan fingerprint density at radius 3 is 1.07 bits per heavy atom. The third-order valence-electron chi connectivity index (χ3n) is 10.7. The van der Waals surface area contributed by atoms with Gasteiger partial charge >= 0.3 is 17.9 Å². The summed E-state index contributed by atoms with van der Waals surface area (Å²) in [5.74, 6) is -1.00. The van der Waals surface area contributed by atoms with Crippen molar-refractivity contribution in [2.24, 2.45) is 0 Å². The minimum atomic E-state index is -0.815. The number of ether oxygens (including phenoxy) is 3. The van der Waals surface area contributed by atoms with Gasteiger partial charge in [0.05, 0.1) is 0 Å². The van der Waals surface area contributed by atoms with Crippen molar-refractivity contribution < 1.29 is 28.6 Å². The van der Waals surface area contributed by atoms with Crippen molar-refractivity contribution in [1.29, 1.82) is 0 Å². The van der Waals surface area contributed by atoms with E-state index >= 15 is 0 Å². The molecule has 0 heterocycles. The van der Waals surface area contributed by atoms with E-state index in [1.165, 1.54) is 116 Å². The fourth-order valence-corrected chi connectivity index (χ4v) is 6.90. The Kier molecular flexibility index (Phi) is 46.9. The van der Waals surface area contributed by atoms with Gasteiger partial charge in [-0.2, -0.15) is 0 Å². The van der Waals surface area contributed by atoms with Crippen molar-refractivity contribution in [1.82, 2.24) is 0 Å². The van der Waals surface area contributed by atoms with Gasteiger partial charge in [-0.1, -0.05) is 216 Å². The number of hydrogen-bond acceptors (Lipinski definition) is 6. The van der Waals surface area contributed by atoms with E-state index in [1.807, 2.05) is 12.2 Å². The zero-order chi connectivity index (χ0) is 44.4. The van der Waals surface area contributed by atoms with Gasteiger partial charge in [-0.25, -0.2) is 0 Å². The van der Waals surface area contributed by atoms with E-state index in [-0.39, 0.29) is 31.6 Å². The Hall–Kier alpha value is -3.15. The molecule has 0 amide bonds. The van der Waals surface area contributed by atoms with Crippen LogP contribution in [0.3, 0.4) is 0 Å². The SMILES string of the molecule is CC/C=C\C/C=C\C/C=C\C/C=C\C/C=C\CCC(=O)OC(COC(=O)CCCCCCC/C=C\CCCCCCCCCCC)COC(=O)CCCCCCCCCCC. The van der Waals surface area contributed by atoms with Crippen LogP contribution in [-0.4, -0.2) is 37.2 Å². The van der Waals surface area contributed by atoms with Crippen molar-refractivity contribution in [3.8, 4) is 0 Å². The van der Waals surface area contributed by atoms with E-state index < -0.39 is 12.1 Å². The molecule has 350 valence electrons. The van der Waals surface area contributed by atoms with Crippen molar-refractivity contribution in [3.63, 3.8) is 0 Å². The standard InChI is InChI=1S/C55H94O6/c1-4-7-10-13-16-19-21-23-25-27-28-30-31-33-36-39-42-45-48-54(57)60-51-52(50-59-53(56)47-44-41-38-35-18-15-12-9-6-3)61-55(58)49-46-43-40-37-34-32-29-26-24-22-20-17-14-11-8-5-2/h8,11,17,20,24,26,28,30,32,34,40,43,52H,4-7,9-10,12-16,18-19,21-23,25,27,29,31,33,35-39,41-42,44-51H2,1-3H3/b11-8-,20-17-,26-24-,30-28-,34-32-,43-40-. The summed E-state index contributed by atoms with van der Waals surface area (Å²) in [6, 6.07) is 0. The zero-order valence-corrected chi connectivity index (χ0v) is 39.9. The second kappa shape index (κ2) is 49.5. The highest BCUT2D eigenvalue weighted by molar-refractivity contribution is 5.71. The van der Waals surface area contributed by atoms with Crippen LogP contribution in [0, 0.1) is 0 Å². The predicted octanol–water partition coefficient (Wildman–Crippen LogP) is 16.6. The molecule has 0 saturated carbocycles. The van der Waals surface area contributed by atoms with Crippen LogP contribution < -0.4 is 0 Å². The molecular formula is C55H94O6. The second-order valence-electron chi connectivity index (χ2n) is 16.7. The molecule has 1 unspecified atom stereocenters. The molecule has 0 aromatic carbocycles. The van der Waals surface area contributed by atoms with Crippen LogP contribution in [0.15, 0.2) is 72.9 Å². The fraction of sp³-hybridized carbons (Fsp3) is 0.727. The molecule has 0 spiro atoms. The summed E-state index contributed by atoms with van der Waals surface area (Å²) in [4.78, 5) is 37.8. The van der Waals surface area contributed by atoms with Gasteiger partial charge < -0.3 is 14.2 Å². The zero-order valence-electron chi connectivity index (χ0n) is 39.9. The maximum Gasteiger partial charge on any atom is 0.306 e. The van der Waals surface area contributed by atoms with Crippen LogP contribution in [0.1, 0.15) is 239 Å². The first-order chi connectivity index (χ1) is 30.0. The lowest BCUT2D eigenvalue weighted by molar-refractivity contribution is -0.166. The number of allylic oxidation sites excluding steroid dienone is 12. The summed E-state index contributed by atoms with van der Waals surface area (Å²) in [7, 11) is 0. The maximum atomic E-state index is 12.7. The minimum Gasteiger partial charge on any atom is -0.462 e. The van der Waals surface area contributed by atoms with Gasteiger partial charge in [0.2, 0.25) is 0 Å². The van der Waals surface area contributed by atoms with Gasteiger partial charge in [0.25, 0.3) is 0 Å². The first kappa shape index (κ1) is 57.9. The van der Waals surface area contributed by atoms with Crippen molar-refractivity contribution in [2.75, 3.05) is 13.2 Å². The molecule has 0 saturated heterocycles. The Bertz CT molecular complexity index is 1160. The monoisotopic (exact) mass is 851 g/mol. The number of rotatable bonds is 45. The van der Waals surface area contributed by atoms with Crippen LogP contribution in [0.25, 0.3) is 0 Å². The van der Waals surface area contributed by atoms with Crippen molar-refractivity contribution in [3.05, 3.63) is 72.9 Å². The summed E-state index contributed by atoms with van der Waals surface area (Å²) >= 11 is 0. The highest BCUT2D eigenvalue weighted by Gasteiger charge is 2.19. The van der Waals surface area contributed by atoms with Gasteiger partial charge in [-0.15, -0.1) is 0 Å². The number of hydrogen-bond donors (Lipinski definition) is 0. The quantitative estimate of drug-likeness (QED) is 0.0263. The number of esters is 3. The molecule has 6 nitrogen and oxygen atoms in total. The molecule has 0 aliphatic carbocycles. The topological polar surface area (TPSA) is 78.9 Å². The highest BCUT2D eigenvalue weighted by Crippen LogP contribution is 2.14.